The van der Waals surface area contributed by atoms with Gasteiger partial charge in [-0.3, -0.25) is 0 Å². The normalized spacial score (nSPS) is 13.6. The molecule has 1 aromatic rings. The Morgan fingerprint density at radius 3 is 2.53 bits per heavy atom. The van der Waals surface area contributed by atoms with Gasteiger partial charge in [0.05, 0.1) is 0 Å². The van der Waals surface area contributed by atoms with Gasteiger partial charge in [-0.15, -0.1) is 0 Å². The van der Waals surface area contributed by atoms with Gasteiger partial charge in [-0.2, -0.15) is 0 Å². The van der Waals surface area contributed by atoms with Crippen molar-refractivity contribution in [3.63, 3.8) is 0 Å². The maximum absolute atomic E-state index is 11.3. The van der Waals surface area contributed by atoms with Gasteiger partial charge in [0.2, 0.25) is 0 Å². The van der Waals surface area contributed by atoms with Crippen LogP contribution >= 0.6 is 0 Å². The summed E-state index contributed by atoms with van der Waals surface area (Å²) >= 11 is 0. The zero-order valence-corrected chi connectivity index (χ0v) is 9.67. The highest BCUT2D eigenvalue weighted by Gasteiger charge is 2.20. The number of hydrogen-bond donors (Lipinski definition) is 2. The Labute approximate surface area is 88.8 Å². The summed E-state index contributed by atoms with van der Waals surface area (Å²) in [7, 11) is -3.19. The van der Waals surface area contributed by atoms with Gasteiger partial charge < -0.3 is 5.43 Å². The first-order chi connectivity index (χ1) is 6.84. The van der Waals surface area contributed by atoms with Crippen LogP contribution in [0.5, 0.6) is 0 Å². The third-order valence-electron chi connectivity index (χ3n) is 2.03. The summed E-state index contributed by atoms with van der Waals surface area (Å²) in [5, 5.41) is -0.732. The Morgan fingerprint density at radius 2 is 2.07 bits per heavy atom. The average molecular weight is 230 g/mol. The van der Waals surface area contributed by atoms with Crippen LogP contribution in [0.2, 0.25) is 0 Å². The molecule has 7 heteroatoms. The molecule has 0 aliphatic carbocycles. The minimum absolute atomic E-state index is 0.255. The molecular formula is C8H14N4O2S. The van der Waals surface area contributed by atoms with Crippen LogP contribution in [0.15, 0.2) is 6.07 Å². The van der Waals surface area contributed by atoms with Crippen molar-refractivity contribution in [1.29, 1.82) is 0 Å². The molecule has 0 spiro atoms. The number of anilines is 1. The van der Waals surface area contributed by atoms with E-state index in [4.69, 9.17) is 5.84 Å². The Bertz CT molecular complexity index is 458. The van der Waals surface area contributed by atoms with Crippen molar-refractivity contribution in [2.24, 2.45) is 5.84 Å². The molecule has 6 nitrogen and oxygen atoms in total. The molecule has 1 atom stereocenters. The summed E-state index contributed by atoms with van der Waals surface area (Å²) in [6.45, 7) is 3.30. The van der Waals surface area contributed by atoms with Gasteiger partial charge in [0.25, 0.3) is 0 Å². The molecule has 0 aliphatic heterocycles. The lowest BCUT2D eigenvalue weighted by atomic mass is 10.3. The Morgan fingerprint density at radius 1 is 1.47 bits per heavy atom. The maximum Gasteiger partial charge on any atom is 0.157 e. The van der Waals surface area contributed by atoms with E-state index in [1.165, 1.54) is 0 Å². The van der Waals surface area contributed by atoms with Crippen molar-refractivity contribution in [3.05, 3.63) is 17.6 Å². The molecule has 0 radical (unpaired) electrons. The van der Waals surface area contributed by atoms with E-state index in [0.717, 1.165) is 6.26 Å². The number of hydrogen-bond acceptors (Lipinski definition) is 6. The number of aromatic nitrogens is 2. The van der Waals surface area contributed by atoms with E-state index < -0.39 is 15.1 Å². The second-order valence-corrected chi connectivity index (χ2v) is 5.74. The fourth-order valence-corrected chi connectivity index (χ4v) is 1.53. The van der Waals surface area contributed by atoms with Crippen molar-refractivity contribution in [2.45, 2.75) is 19.1 Å². The molecule has 1 aromatic heterocycles. The van der Waals surface area contributed by atoms with Crippen molar-refractivity contribution in [3.8, 4) is 0 Å². The van der Waals surface area contributed by atoms with E-state index in [9.17, 15) is 8.42 Å². The van der Waals surface area contributed by atoms with Gasteiger partial charge in [0.1, 0.15) is 16.9 Å². The molecular weight excluding hydrogens is 216 g/mol. The van der Waals surface area contributed by atoms with E-state index in [2.05, 4.69) is 15.4 Å². The number of rotatable bonds is 3. The van der Waals surface area contributed by atoms with Crippen molar-refractivity contribution >= 4 is 15.7 Å². The first kappa shape index (κ1) is 11.9. The fourth-order valence-electron chi connectivity index (χ4n) is 1.04. The molecule has 0 bridgehead atoms. The second-order valence-electron chi connectivity index (χ2n) is 3.37. The second kappa shape index (κ2) is 4.11. The summed E-state index contributed by atoms with van der Waals surface area (Å²) in [6, 6.07) is 1.64. The molecule has 0 saturated carbocycles. The van der Waals surface area contributed by atoms with E-state index >= 15 is 0 Å². The SMILES string of the molecule is Cc1cc(NN)nc(C(C)S(C)(=O)=O)n1. The number of sulfone groups is 1. The van der Waals surface area contributed by atoms with Crippen LogP contribution < -0.4 is 11.3 Å². The molecule has 0 aliphatic rings. The molecule has 1 rings (SSSR count). The Kier molecular flexibility index (Phi) is 3.25. The largest absolute Gasteiger partial charge is 0.308 e. The lowest BCUT2D eigenvalue weighted by molar-refractivity contribution is 0.589. The van der Waals surface area contributed by atoms with Crippen LogP contribution in [-0.4, -0.2) is 24.6 Å². The van der Waals surface area contributed by atoms with Gasteiger partial charge in [0.15, 0.2) is 9.84 Å². The lowest BCUT2D eigenvalue weighted by Crippen LogP contribution is -2.15. The first-order valence-electron chi connectivity index (χ1n) is 4.35. The Balaban J connectivity index is 3.20. The summed E-state index contributed by atoms with van der Waals surface area (Å²) in [5.74, 6) is 5.87. The zero-order chi connectivity index (χ0) is 11.6. The molecule has 84 valence electrons. The van der Waals surface area contributed by atoms with Crippen molar-refractivity contribution in [1.82, 2.24) is 9.97 Å². The zero-order valence-electron chi connectivity index (χ0n) is 8.85. The van der Waals surface area contributed by atoms with Gasteiger partial charge >= 0.3 is 0 Å². The highest BCUT2D eigenvalue weighted by atomic mass is 32.2. The average Bonchev–Trinajstić information content (AvgIpc) is 2.14. The minimum atomic E-state index is -3.19. The summed E-state index contributed by atoms with van der Waals surface area (Å²) in [6.07, 6.45) is 1.15. The number of aryl methyl sites for hydroxylation is 1. The fraction of sp³-hybridized carbons (Fsp3) is 0.500. The predicted octanol–water partition coefficient (Wildman–Crippen LogP) is 0.176. The standard InChI is InChI=1S/C8H14N4O2S/c1-5-4-7(12-9)11-8(10-5)6(2)15(3,13)14/h4,6H,9H2,1-3H3,(H,10,11,12). The molecule has 0 amide bonds. The van der Waals surface area contributed by atoms with Crippen molar-refractivity contribution in [2.75, 3.05) is 11.7 Å². The van der Waals surface area contributed by atoms with E-state index in [-0.39, 0.29) is 5.82 Å². The van der Waals surface area contributed by atoms with Crippen LogP contribution in [0.3, 0.4) is 0 Å². The molecule has 1 unspecified atom stereocenters. The summed E-state index contributed by atoms with van der Waals surface area (Å²) in [5.41, 5.74) is 3.04. The quantitative estimate of drug-likeness (QED) is 0.567. The Hall–Kier alpha value is -1.21. The van der Waals surface area contributed by atoms with E-state index in [1.54, 1.807) is 19.9 Å². The minimum Gasteiger partial charge on any atom is -0.308 e. The van der Waals surface area contributed by atoms with Crippen molar-refractivity contribution < 1.29 is 8.42 Å². The predicted molar refractivity (Wildman–Crippen MR) is 57.8 cm³/mol. The number of hydrazine groups is 1. The van der Waals surface area contributed by atoms with Gasteiger partial charge in [-0.05, 0) is 13.8 Å². The van der Waals surface area contributed by atoms with Crippen LogP contribution in [0.4, 0.5) is 5.82 Å². The van der Waals surface area contributed by atoms with Crippen LogP contribution in [0.25, 0.3) is 0 Å². The topological polar surface area (TPSA) is 98.0 Å². The van der Waals surface area contributed by atoms with Gasteiger partial charge in [0, 0.05) is 18.0 Å². The molecule has 15 heavy (non-hydrogen) atoms. The van der Waals surface area contributed by atoms with E-state index in [0.29, 0.717) is 11.5 Å². The van der Waals surface area contributed by atoms with Crippen LogP contribution in [-0.2, 0) is 9.84 Å². The molecule has 0 fully saturated rings. The van der Waals surface area contributed by atoms with Crippen LogP contribution in [0, 0.1) is 6.92 Å². The van der Waals surface area contributed by atoms with Crippen LogP contribution in [0.1, 0.15) is 23.7 Å². The number of nitrogens with one attached hydrogen (secondary N) is 1. The molecule has 0 saturated heterocycles. The summed E-state index contributed by atoms with van der Waals surface area (Å²) < 4.78 is 22.6. The molecule has 3 N–H and O–H groups in total. The van der Waals surface area contributed by atoms with Gasteiger partial charge in [-0.1, -0.05) is 0 Å². The number of nitrogens with two attached hydrogens (primary N) is 1. The highest BCUT2D eigenvalue weighted by Crippen LogP contribution is 2.18. The summed E-state index contributed by atoms with van der Waals surface area (Å²) in [4.78, 5) is 8.05. The van der Waals surface area contributed by atoms with Gasteiger partial charge in [-0.25, -0.2) is 24.2 Å². The number of nitrogens with zero attached hydrogens (tertiary/aromatic N) is 2. The third kappa shape index (κ3) is 2.87. The lowest BCUT2D eigenvalue weighted by Gasteiger charge is -2.10. The number of nitrogen functional groups attached to an aromatic ring is 1. The monoisotopic (exact) mass is 230 g/mol. The first-order valence-corrected chi connectivity index (χ1v) is 6.31. The molecule has 0 aromatic carbocycles. The maximum atomic E-state index is 11.3. The third-order valence-corrected chi connectivity index (χ3v) is 3.52. The highest BCUT2D eigenvalue weighted by molar-refractivity contribution is 7.90. The smallest absolute Gasteiger partial charge is 0.157 e. The molecule has 1 heterocycles. The van der Waals surface area contributed by atoms with E-state index in [1.807, 2.05) is 0 Å².